The van der Waals surface area contributed by atoms with E-state index in [2.05, 4.69) is 13.5 Å². The number of amides is 2. The van der Waals surface area contributed by atoms with Gasteiger partial charge in [-0.05, 0) is 48.6 Å². The Labute approximate surface area is 224 Å². The second-order valence-corrected chi connectivity index (χ2v) is 8.43. The summed E-state index contributed by atoms with van der Waals surface area (Å²) in [6.07, 6.45) is 1.05. The van der Waals surface area contributed by atoms with E-state index in [1.165, 1.54) is 0 Å². The number of ketones is 1. The molecule has 8 heteroatoms. The van der Waals surface area contributed by atoms with Gasteiger partial charge in [-0.2, -0.15) is 11.8 Å². The minimum atomic E-state index is -0.700. The molecule has 2 amide bonds. The number of hydrogen-bond acceptors (Lipinski definition) is 7. The Morgan fingerprint density at radius 1 is 0.892 bits per heavy atom. The molecular formula is C29H37NO6S. The molecule has 0 atom stereocenters. The number of benzene rings is 2. The molecule has 0 unspecified atom stereocenters. The third-order valence-corrected chi connectivity index (χ3v) is 6.09. The van der Waals surface area contributed by atoms with Crippen molar-refractivity contribution in [2.45, 2.75) is 41.0 Å². The number of imide groups is 1. The van der Waals surface area contributed by atoms with Gasteiger partial charge in [-0.15, -0.1) is 0 Å². The van der Waals surface area contributed by atoms with Crippen LogP contribution in [0.15, 0.2) is 60.7 Å². The topological polar surface area (TPSA) is 90.0 Å². The second-order valence-electron chi connectivity index (χ2n) is 7.32. The minimum Gasteiger partial charge on any atom is -0.490 e. The summed E-state index contributed by atoms with van der Waals surface area (Å²) in [5, 5.41) is 0. The lowest BCUT2D eigenvalue weighted by molar-refractivity contribution is -0.144. The van der Waals surface area contributed by atoms with Gasteiger partial charge < -0.3 is 9.47 Å². The summed E-state index contributed by atoms with van der Waals surface area (Å²) in [4.78, 5) is 49.9. The van der Waals surface area contributed by atoms with Crippen molar-refractivity contribution in [2.24, 2.45) is 0 Å². The van der Waals surface area contributed by atoms with Crippen molar-refractivity contribution in [3.05, 3.63) is 77.4 Å². The van der Waals surface area contributed by atoms with Crippen LogP contribution >= 0.6 is 11.8 Å². The maximum Gasteiger partial charge on any atom is 0.326 e. The van der Waals surface area contributed by atoms with Gasteiger partial charge in [-0.25, -0.2) is 0 Å². The van der Waals surface area contributed by atoms with Gasteiger partial charge in [0.05, 0.1) is 11.1 Å². The molecule has 0 fully saturated rings. The molecule has 0 saturated heterocycles. The fourth-order valence-corrected chi connectivity index (χ4v) is 3.99. The molecular weight excluding hydrogens is 490 g/mol. The van der Waals surface area contributed by atoms with Crippen LogP contribution in [0.3, 0.4) is 0 Å². The molecule has 0 N–H and O–H groups in total. The Kier molecular flexibility index (Phi) is 14.7. The number of carbonyl (C=O) groups is 4. The van der Waals surface area contributed by atoms with Crippen LogP contribution in [0.2, 0.25) is 0 Å². The lowest BCUT2D eigenvalue weighted by atomic mass is 10.1. The van der Waals surface area contributed by atoms with E-state index in [1.807, 2.05) is 27.7 Å². The SMILES string of the molecule is C=C(CSCCC)C(=O)c1ccc(OCCOC(=O)CN2C(=O)c3ccccc3C2=O)cc1.CC.CC. The first-order valence-corrected chi connectivity index (χ1v) is 13.7. The van der Waals surface area contributed by atoms with Crippen LogP contribution in [0.1, 0.15) is 72.1 Å². The highest BCUT2D eigenvalue weighted by atomic mass is 32.2. The highest BCUT2D eigenvalue weighted by molar-refractivity contribution is 7.99. The molecule has 3 rings (SSSR count). The predicted molar refractivity (Wildman–Crippen MR) is 148 cm³/mol. The average molecular weight is 528 g/mol. The van der Waals surface area contributed by atoms with E-state index >= 15 is 0 Å². The van der Waals surface area contributed by atoms with Crippen LogP contribution in [-0.2, 0) is 9.53 Å². The van der Waals surface area contributed by atoms with Crippen LogP contribution in [0, 0.1) is 0 Å². The Morgan fingerprint density at radius 3 is 2.00 bits per heavy atom. The van der Waals surface area contributed by atoms with Crippen LogP contribution in [-0.4, -0.2) is 59.7 Å². The molecule has 1 aliphatic rings. The fraction of sp³-hybridized carbons (Fsp3) is 0.379. The van der Waals surface area contributed by atoms with Crippen molar-refractivity contribution in [2.75, 3.05) is 31.3 Å². The molecule has 1 aliphatic heterocycles. The van der Waals surface area contributed by atoms with Crippen LogP contribution < -0.4 is 4.74 Å². The van der Waals surface area contributed by atoms with Gasteiger partial charge in [-0.3, -0.25) is 24.1 Å². The Bertz CT molecular complexity index is 1030. The van der Waals surface area contributed by atoms with E-state index in [1.54, 1.807) is 60.3 Å². The number of ether oxygens (including phenoxy) is 2. The third kappa shape index (κ3) is 9.21. The minimum absolute atomic E-state index is 0.0475. The predicted octanol–water partition coefficient (Wildman–Crippen LogP) is 5.84. The molecule has 0 saturated carbocycles. The molecule has 0 radical (unpaired) electrons. The van der Waals surface area contributed by atoms with Gasteiger partial charge >= 0.3 is 5.97 Å². The van der Waals surface area contributed by atoms with Crippen LogP contribution in [0.5, 0.6) is 5.75 Å². The summed E-state index contributed by atoms with van der Waals surface area (Å²) in [7, 11) is 0. The van der Waals surface area contributed by atoms with E-state index in [4.69, 9.17) is 9.47 Å². The highest BCUT2D eigenvalue weighted by Gasteiger charge is 2.36. The van der Waals surface area contributed by atoms with Crippen molar-refractivity contribution in [1.29, 1.82) is 0 Å². The first-order chi connectivity index (χ1) is 17.9. The number of carbonyl (C=O) groups excluding carboxylic acids is 4. The maximum atomic E-state index is 12.4. The molecule has 0 bridgehead atoms. The number of fused-ring (bicyclic) bond motifs is 1. The molecule has 0 aromatic heterocycles. The molecule has 37 heavy (non-hydrogen) atoms. The molecule has 7 nitrogen and oxygen atoms in total. The molecule has 2 aromatic carbocycles. The van der Waals surface area contributed by atoms with E-state index in [9.17, 15) is 19.2 Å². The number of esters is 1. The summed E-state index contributed by atoms with van der Waals surface area (Å²) < 4.78 is 10.6. The van der Waals surface area contributed by atoms with E-state index in [-0.39, 0.29) is 30.1 Å². The van der Waals surface area contributed by atoms with Crippen molar-refractivity contribution in [3.8, 4) is 5.75 Å². The fourth-order valence-electron chi connectivity index (χ4n) is 3.18. The smallest absolute Gasteiger partial charge is 0.326 e. The quantitative estimate of drug-likeness (QED) is 0.113. The van der Waals surface area contributed by atoms with Gasteiger partial charge in [0.15, 0.2) is 5.78 Å². The first kappa shape index (κ1) is 31.6. The Hall–Kier alpha value is -3.39. The average Bonchev–Trinajstić information content (AvgIpc) is 3.18. The first-order valence-electron chi connectivity index (χ1n) is 12.6. The van der Waals surface area contributed by atoms with Gasteiger partial charge in [0, 0.05) is 16.9 Å². The normalized spacial score (nSPS) is 11.4. The largest absolute Gasteiger partial charge is 0.490 e. The number of Topliss-reactive ketones (excluding diaryl/α,β-unsaturated/α-hetero) is 1. The second kappa shape index (κ2) is 17.1. The number of hydrogen-bond donors (Lipinski definition) is 0. The summed E-state index contributed by atoms with van der Waals surface area (Å²) in [6, 6.07) is 13.1. The summed E-state index contributed by atoms with van der Waals surface area (Å²) in [5.41, 5.74) is 1.66. The van der Waals surface area contributed by atoms with Crippen molar-refractivity contribution < 1.29 is 28.7 Å². The third-order valence-electron chi connectivity index (χ3n) is 4.84. The van der Waals surface area contributed by atoms with Crippen molar-refractivity contribution >= 4 is 35.3 Å². The summed E-state index contributed by atoms with van der Waals surface area (Å²) in [6.45, 7) is 13.5. The van der Waals surface area contributed by atoms with Gasteiger partial charge in [0.1, 0.15) is 25.5 Å². The summed E-state index contributed by atoms with van der Waals surface area (Å²) in [5.74, 6) is 0.309. The number of thioether (sulfide) groups is 1. The lowest BCUT2D eigenvalue weighted by Crippen LogP contribution is -2.36. The molecule has 0 spiro atoms. The van der Waals surface area contributed by atoms with Crippen molar-refractivity contribution in [1.82, 2.24) is 4.90 Å². The molecule has 200 valence electrons. The zero-order valence-electron chi connectivity index (χ0n) is 22.4. The van der Waals surface area contributed by atoms with Crippen molar-refractivity contribution in [3.63, 3.8) is 0 Å². The molecule has 1 heterocycles. The summed E-state index contributed by atoms with van der Waals surface area (Å²) >= 11 is 1.68. The van der Waals surface area contributed by atoms with E-state index in [0.29, 0.717) is 22.6 Å². The van der Waals surface area contributed by atoms with Crippen LogP contribution in [0.4, 0.5) is 0 Å². The Balaban J connectivity index is 0.00000163. The van der Waals surface area contributed by atoms with E-state index < -0.39 is 24.3 Å². The Morgan fingerprint density at radius 2 is 1.46 bits per heavy atom. The number of nitrogens with zero attached hydrogens (tertiary/aromatic N) is 1. The zero-order valence-corrected chi connectivity index (χ0v) is 23.2. The van der Waals surface area contributed by atoms with E-state index in [0.717, 1.165) is 17.1 Å². The molecule has 2 aromatic rings. The maximum absolute atomic E-state index is 12.4. The highest BCUT2D eigenvalue weighted by Crippen LogP contribution is 2.22. The lowest BCUT2D eigenvalue weighted by Gasteiger charge is -2.13. The standard InChI is InChI=1S/C25H25NO6S.2C2H6/c1-3-14-33-16-17(2)23(28)18-8-10-19(11-9-18)31-12-13-32-22(27)15-26-24(29)20-6-4-5-7-21(20)25(26)30;2*1-2/h4-11H,2-3,12-16H2,1H3;2*1-2H3. The monoisotopic (exact) mass is 527 g/mol. The van der Waals surface area contributed by atoms with Gasteiger partial charge in [0.2, 0.25) is 0 Å². The number of rotatable bonds is 12. The van der Waals surface area contributed by atoms with Gasteiger partial charge in [-0.1, -0.05) is 53.3 Å². The van der Waals surface area contributed by atoms with Crippen LogP contribution in [0.25, 0.3) is 0 Å². The zero-order chi connectivity index (χ0) is 27.8. The van der Waals surface area contributed by atoms with Gasteiger partial charge in [0.25, 0.3) is 11.8 Å². The molecule has 0 aliphatic carbocycles.